The number of ether oxygens (including phenoxy) is 2. The molecule has 184 valence electrons. The van der Waals surface area contributed by atoms with Gasteiger partial charge in [0, 0.05) is 34.5 Å². The number of Topliss-reactive ketones (excluding diaryl/α,β-unsaturated/α-hetero) is 1. The fourth-order valence-corrected chi connectivity index (χ4v) is 4.14. The standard InChI is InChI=1S/C26H23ClN4O4S/c1-16(32)7-12-19-13-21(20-5-3-4-6-23(20)34-2)22(14-28-19)24(33)29-25-30-31-26(36-25)35-15-17-8-10-18(27)11-9-17/h3-6,8-11,13-14H,7,12,15H2,1-2H3,(H,29,30,33). The molecule has 0 unspecified atom stereocenters. The van der Waals surface area contributed by atoms with Gasteiger partial charge in [0.1, 0.15) is 18.1 Å². The number of hydrogen-bond acceptors (Lipinski definition) is 8. The molecule has 10 heteroatoms. The molecule has 0 aliphatic heterocycles. The lowest BCUT2D eigenvalue weighted by molar-refractivity contribution is -0.117. The number of para-hydroxylation sites is 1. The Morgan fingerprint density at radius 1 is 1.06 bits per heavy atom. The minimum atomic E-state index is -0.401. The Labute approximate surface area is 217 Å². The molecule has 0 fully saturated rings. The van der Waals surface area contributed by atoms with Crippen molar-refractivity contribution in [3.8, 4) is 22.1 Å². The van der Waals surface area contributed by atoms with Crippen LogP contribution in [0.4, 0.5) is 5.13 Å². The number of nitrogens with one attached hydrogen (secondary N) is 1. The Balaban J connectivity index is 1.54. The molecule has 2 aromatic carbocycles. The van der Waals surface area contributed by atoms with E-state index in [-0.39, 0.29) is 10.9 Å². The maximum Gasteiger partial charge on any atom is 0.296 e. The van der Waals surface area contributed by atoms with Crippen LogP contribution < -0.4 is 14.8 Å². The number of aryl methyl sites for hydroxylation is 1. The quantitative estimate of drug-likeness (QED) is 0.288. The average molecular weight is 523 g/mol. The molecular weight excluding hydrogens is 500 g/mol. The van der Waals surface area contributed by atoms with Gasteiger partial charge in [-0.25, -0.2) is 0 Å². The lowest BCUT2D eigenvalue weighted by Crippen LogP contribution is -2.14. The van der Waals surface area contributed by atoms with Gasteiger partial charge in [0.2, 0.25) is 5.13 Å². The number of benzene rings is 2. The maximum atomic E-state index is 13.2. The number of nitrogens with zero attached hydrogens (tertiary/aromatic N) is 3. The summed E-state index contributed by atoms with van der Waals surface area (Å²) in [4.78, 5) is 29.1. The highest BCUT2D eigenvalue weighted by Gasteiger charge is 2.19. The first-order valence-electron chi connectivity index (χ1n) is 11.1. The molecule has 2 heterocycles. The Hall–Kier alpha value is -3.82. The molecule has 0 aliphatic rings. The van der Waals surface area contributed by atoms with Crippen LogP contribution in [0, 0.1) is 0 Å². The zero-order valence-electron chi connectivity index (χ0n) is 19.7. The predicted molar refractivity (Wildman–Crippen MR) is 139 cm³/mol. The van der Waals surface area contributed by atoms with E-state index in [1.54, 1.807) is 26.2 Å². The van der Waals surface area contributed by atoms with Gasteiger partial charge in [-0.2, -0.15) is 0 Å². The van der Waals surface area contributed by atoms with Crippen molar-refractivity contribution in [2.45, 2.75) is 26.4 Å². The molecule has 0 atom stereocenters. The number of aromatic nitrogens is 3. The van der Waals surface area contributed by atoms with Gasteiger partial charge in [0.25, 0.3) is 11.1 Å². The van der Waals surface area contributed by atoms with Crippen LogP contribution in [-0.4, -0.2) is 34.0 Å². The zero-order chi connectivity index (χ0) is 25.5. The van der Waals surface area contributed by atoms with Crippen molar-refractivity contribution in [3.05, 3.63) is 82.6 Å². The Kier molecular flexibility index (Phi) is 8.24. The number of hydrogen-bond donors (Lipinski definition) is 1. The van der Waals surface area contributed by atoms with Crippen LogP contribution in [0.1, 0.15) is 35.0 Å². The Morgan fingerprint density at radius 3 is 2.58 bits per heavy atom. The van der Waals surface area contributed by atoms with Crippen molar-refractivity contribution >= 4 is 39.8 Å². The summed E-state index contributed by atoms with van der Waals surface area (Å²) < 4.78 is 11.2. The minimum Gasteiger partial charge on any atom is -0.496 e. The summed E-state index contributed by atoms with van der Waals surface area (Å²) in [5.41, 5.74) is 3.35. The van der Waals surface area contributed by atoms with Gasteiger partial charge in [-0.15, -0.1) is 5.10 Å². The maximum absolute atomic E-state index is 13.2. The van der Waals surface area contributed by atoms with Gasteiger partial charge in [-0.05, 0) is 54.5 Å². The number of rotatable bonds is 10. The molecule has 4 aromatic rings. The van der Waals surface area contributed by atoms with E-state index in [1.807, 2.05) is 42.5 Å². The number of halogens is 1. The third-order valence-corrected chi connectivity index (χ3v) is 6.24. The predicted octanol–water partition coefficient (Wildman–Crippen LogP) is 5.62. The topological polar surface area (TPSA) is 103 Å². The summed E-state index contributed by atoms with van der Waals surface area (Å²) in [6, 6.07) is 16.5. The number of amides is 1. The van der Waals surface area contributed by atoms with Gasteiger partial charge in [-0.3, -0.25) is 15.1 Å². The van der Waals surface area contributed by atoms with Crippen LogP contribution in [-0.2, 0) is 17.8 Å². The first-order valence-corrected chi connectivity index (χ1v) is 12.3. The number of carbonyl (C=O) groups excluding carboxylic acids is 2. The normalized spacial score (nSPS) is 10.6. The van der Waals surface area contributed by atoms with Crippen LogP contribution in [0.3, 0.4) is 0 Å². The Bertz CT molecular complexity index is 1370. The van der Waals surface area contributed by atoms with Crippen LogP contribution >= 0.6 is 22.9 Å². The van der Waals surface area contributed by atoms with E-state index in [9.17, 15) is 9.59 Å². The van der Waals surface area contributed by atoms with Gasteiger partial charge in [0.15, 0.2) is 0 Å². The highest BCUT2D eigenvalue weighted by molar-refractivity contribution is 7.17. The number of methoxy groups -OCH3 is 1. The van der Waals surface area contributed by atoms with E-state index >= 15 is 0 Å². The van der Waals surface area contributed by atoms with E-state index in [2.05, 4.69) is 20.5 Å². The first kappa shape index (κ1) is 25.3. The molecule has 0 spiro atoms. The van der Waals surface area contributed by atoms with Gasteiger partial charge >= 0.3 is 0 Å². The summed E-state index contributed by atoms with van der Waals surface area (Å²) in [6.07, 6.45) is 2.35. The zero-order valence-corrected chi connectivity index (χ0v) is 21.2. The largest absolute Gasteiger partial charge is 0.496 e. The second-order valence-electron chi connectivity index (χ2n) is 7.87. The van der Waals surface area contributed by atoms with E-state index < -0.39 is 5.91 Å². The summed E-state index contributed by atoms with van der Waals surface area (Å²) in [6.45, 7) is 1.84. The first-order chi connectivity index (χ1) is 17.4. The number of pyridine rings is 1. The van der Waals surface area contributed by atoms with Crippen molar-refractivity contribution in [3.63, 3.8) is 0 Å². The molecule has 4 rings (SSSR count). The second kappa shape index (κ2) is 11.7. The lowest BCUT2D eigenvalue weighted by Gasteiger charge is -2.14. The highest BCUT2D eigenvalue weighted by atomic mass is 35.5. The molecule has 36 heavy (non-hydrogen) atoms. The van der Waals surface area contributed by atoms with Crippen LogP contribution in [0.15, 0.2) is 60.8 Å². The van der Waals surface area contributed by atoms with Gasteiger partial charge < -0.3 is 14.3 Å². The van der Waals surface area contributed by atoms with Crippen molar-refractivity contribution < 1.29 is 19.1 Å². The van der Waals surface area contributed by atoms with E-state index in [1.165, 1.54) is 6.20 Å². The van der Waals surface area contributed by atoms with Gasteiger partial charge in [0.05, 0.1) is 12.7 Å². The van der Waals surface area contributed by atoms with E-state index in [0.29, 0.717) is 52.2 Å². The third-order valence-electron chi connectivity index (χ3n) is 5.24. The molecule has 0 saturated carbocycles. The van der Waals surface area contributed by atoms with Crippen LogP contribution in [0.5, 0.6) is 10.9 Å². The molecular formula is C26H23ClN4O4S. The van der Waals surface area contributed by atoms with Crippen molar-refractivity contribution in [2.24, 2.45) is 0 Å². The molecule has 1 N–H and O–H groups in total. The molecule has 1 amide bonds. The third kappa shape index (κ3) is 6.44. The molecule has 8 nitrogen and oxygen atoms in total. The number of carbonyl (C=O) groups is 2. The second-order valence-corrected chi connectivity index (χ2v) is 9.24. The van der Waals surface area contributed by atoms with Gasteiger partial charge in [-0.1, -0.05) is 47.0 Å². The smallest absolute Gasteiger partial charge is 0.296 e. The summed E-state index contributed by atoms with van der Waals surface area (Å²) in [5.74, 6) is 0.286. The number of ketones is 1. The van der Waals surface area contributed by atoms with Crippen molar-refractivity contribution in [2.75, 3.05) is 12.4 Å². The van der Waals surface area contributed by atoms with Crippen molar-refractivity contribution in [1.82, 2.24) is 15.2 Å². The highest BCUT2D eigenvalue weighted by Crippen LogP contribution is 2.33. The fourth-order valence-electron chi connectivity index (χ4n) is 3.42. The molecule has 0 radical (unpaired) electrons. The molecule has 0 saturated heterocycles. The van der Waals surface area contributed by atoms with E-state index in [4.69, 9.17) is 21.1 Å². The van der Waals surface area contributed by atoms with Crippen molar-refractivity contribution in [1.29, 1.82) is 0 Å². The van der Waals surface area contributed by atoms with E-state index in [0.717, 1.165) is 22.5 Å². The summed E-state index contributed by atoms with van der Waals surface area (Å²) in [5, 5.41) is 12.0. The fraction of sp³-hybridized carbons (Fsp3) is 0.192. The van der Waals surface area contributed by atoms with Crippen LogP contribution in [0.25, 0.3) is 11.1 Å². The molecule has 2 aromatic heterocycles. The monoisotopic (exact) mass is 522 g/mol. The SMILES string of the molecule is COc1ccccc1-c1cc(CCC(C)=O)ncc1C(=O)Nc1nnc(OCc2ccc(Cl)cc2)s1. The average Bonchev–Trinajstić information content (AvgIpc) is 3.34. The van der Waals surface area contributed by atoms with Crippen LogP contribution in [0.2, 0.25) is 5.02 Å². The summed E-state index contributed by atoms with van der Waals surface area (Å²) >= 11 is 7.03. The summed E-state index contributed by atoms with van der Waals surface area (Å²) in [7, 11) is 1.57. The molecule has 0 bridgehead atoms. The molecule has 0 aliphatic carbocycles. The Morgan fingerprint density at radius 2 is 1.83 bits per heavy atom. The number of anilines is 1. The minimum absolute atomic E-state index is 0.0721. The lowest BCUT2D eigenvalue weighted by atomic mass is 9.98.